The molecule has 0 unspecified atom stereocenters. The number of aliphatic hydroxyl groups is 1. The Morgan fingerprint density at radius 3 is 2.76 bits per heavy atom. The third-order valence-electron chi connectivity index (χ3n) is 4.93. The molecule has 4 aromatic rings. The van der Waals surface area contributed by atoms with Crippen LogP contribution >= 0.6 is 0 Å². The van der Waals surface area contributed by atoms with Crippen LogP contribution in [0.3, 0.4) is 0 Å². The fourth-order valence-corrected chi connectivity index (χ4v) is 3.21. The van der Waals surface area contributed by atoms with Gasteiger partial charge in [-0.1, -0.05) is 12.1 Å². The Hall–Kier alpha value is -3.53. The quantitative estimate of drug-likeness (QED) is 0.326. The van der Waals surface area contributed by atoms with Gasteiger partial charge in [-0.15, -0.1) is 0 Å². The first-order chi connectivity index (χ1) is 14.2. The molecule has 5 rings (SSSR count). The van der Waals surface area contributed by atoms with E-state index in [9.17, 15) is 9.50 Å². The summed E-state index contributed by atoms with van der Waals surface area (Å²) in [5.41, 5.74) is 2.37. The van der Waals surface area contributed by atoms with Crippen molar-refractivity contribution in [3.05, 3.63) is 53.6 Å². The topological polar surface area (TPSA) is 127 Å². The number of hydrogen-bond acceptors (Lipinski definition) is 7. The number of aromatic amines is 2. The Labute approximate surface area is 164 Å². The van der Waals surface area contributed by atoms with Gasteiger partial charge in [-0.05, 0) is 30.5 Å². The molecule has 0 radical (unpaired) electrons. The third kappa shape index (κ3) is 3.61. The molecule has 0 saturated heterocycles. The highest BCUT2D eigenvalue weighted by atomic mass is 19.1. The van der Waals surface area contributed by atoms with E-state index in [2.05, 4.69) is 41.0 Å². The summed E-state index contributed by atoms with van der Waals surface area (Å²) in [5, 5.41) is 31.0. The first-order valence-electron chi connectivity index (χ1n) is 9.36. The first kappa shape index (κ1) is 17.6. The fraction of sp³-hybridized carbons (Fsp3) is 0.263. The number of anilines is 3. The highest BCUT2D eigenvalue weighted by Gasteiger charge is 2.25. The first-order valence-corrected chi connectivity index (χ1v) is 9.36. The second-order valence-corrected chi connectivity index (χ2v) is 7.07. The molecule has 3 aromatic heterocycles. The highest BCUT2D eigenvalue weighted by molar-refractivity contribution is 5.88. The Balaban J connectivity index is 1.43. The monoisotopic (exact) mass is 394 g/mol. The van der Waals surface area contributed by atoms with Crippen LogP contribution < -0.4 is 10.6 Å². The summed E-state index contributed by atoms with van der Waals surface area (Å²) in [6.07, 6.45) is 4.00. The van der Waals surface area contributed by atoms with Crippen molar-refractivity contribution < 1.29 is 9.50 Å². The summed E-state index contributed by atoms with van der Waals surface area (Å²) in [6, 6.07) is 7.41. The van der Waals surface area contributed by atoms with Gasteiger partial charge >= 0.3 is 0 Å². The summed E-state index contributed by atoms with van der Waals surface area (Å²) < 4.78 is 13.2. The van der Waals surface area contributed by atoms with Crippen molar-refractivity contribution in [2.24, 2.45) is 0 Å². The van der Waals surface area contributed by atoms with E-state index in [-0.39, 0.29) is 12.4 Å². The van der Waals surface area contributed by atoms with Crippen LogP contribution in [0.2, 0.25) is 0 Å². The van der Waals surface area contributed by atoms with E-state index in [0.717, 1.165) is 11.3 Å². The SMILES string of the molecule is OC[C@H](Nc1nc(Nc2cc(C3CC3)[nH]n2)c2cn[nH]c2n1)c1ccc(F)cc1. The number of nitrogens with one attached hydrogen (secondary N) is 4. The van der Waals surface area contributed by atoms with Crippen molar-refractivity contribution in [1.29, 1.82) is 0 Å². The molecule has 1 saturated carbocycles. The molecule has 0 amide bonds. The lowest BCUT2D eigenvalue weighted by atomic mass is 10.1. The normalized spacial score (nSPS) is 14.8. The third-order valence-corrected chi connectivity index (χ3v) is 4.93. The van der Waals surface area contributed by atoms with E-state index in [0.29, 0.717) is 34.5 Å². The lowest BCUT2D eigenvalue weighted by Crippen LogP contribution is -2.17. The van der Waals surface area contributed by atoms with Crippen LogP contribution in [-0.4, -0.2) is 42.1 Å². The van der Waals surface area contributed by atoms with Gasteiger partial charge in [0.05, 0.1) is 24.2 Å². The molecule has 0 spiro atoms. The van der Waals surface area contributed by atoms with Gasteiger partial charge in [-0.25, -0.2) is 4.39 Å². The van der Waals surface area contributed by atoms with Gasteiger partial charge in [0.15, 0.2) is 11.5 Å². The average molecular weight is 394 g/mol. The minimum Gasteiger partial charge on any atom is -0.394 e. The van der Waals surface area contributed by atoms with E-state index in [4.69, 9.17) is 0 Å². The summed E-state index contributed by atoms with van der Waals surface area (Å²) >= 11 is 0. The van der Waals surface area contributed by atoms with Gasteiger partial charge in [0.2, 0.25) is 5.95 Å². The Bertz CT molecular complexity index is 1130. The molecule has 1 fully saturated rings. The molecule has 3 heterocycles. The van der Waals surface area contributed by atoms with Crippen molar-refractivity contribution in [2.75, 3.05) is 17.2 Å². The van der Waals surface area contributed by atoms with Gasteiger partial charge in [-0.3, -0.25) is 10.2 Å². The number of aromatic nitrogens is 6. The van der Waals surface area contributed by atoms with E-state index in [1.807, 2.05) is 6.07 Å². The van der Waals surface area contributed by atoms with Crippen LogP contribution in [0.4, 0.5) is 22.0 Å². The zero-order valence-corrected chi connectivity index (χ0v) is 15.4. The predicted molar refractivity (Wildman–Crippen MR) is 105 cm³/mol. The number of hydrogen-bond donors (Lipinski definition) is 5. The minimum atomic E-state index is -0.490. The molecule has 9 nitrogen and oxygen atoms in total. The highest BCUT2D eigenvalue weighted by Crippen LogP contribution is 2.39. The summed E-state index contributed by atoms with van der Waals surface area (Å²) in [6.45, 7) is -0.205. The maximum absolute atomic E-state index is 13.2. The molecular weight excluding hydrogens is 375 g/mol. The van der Waals surface area contributed by atoms with Crippen LogP contribution in [0.25, 0.3) is 11.0 Å². The largest absolute Gasteiger partial charge is 0.394 e. The summed E-state index contributed by atoms with van der Waals surface area (Å²) in [5.74, 6) is 1.73. The molecule has 10 heteroatoms. The van der Waals surface area contributed by atoms with E-state index < -0.39 is 6.04 Å². The van der Waals surface area contributed by atoms with E-state index in [1.165, 1.54) is 25.0 Å². The van der Waals surface area contributed by atoms with Gasteiger partial charge in [0, 0.05) is 17.7 Å². The second-order valence-electron chi connectivity index (χ2n) is 7.07. The van der Waals surface area contributed by atoms with Crippen LogP contribution in [0.15, 0.2) is 36.5 Å². The van der Waals surface area contributed by atoms with Gasteiger partial charge in [-0.2, -0.15) is 20.2 Å². The molecule has 5 N–H and O–H groups in total. The molecule has 1 aliphatic rings. The number of benzene rings is 1. The van der Waals surface area contributed by atoms with Crippen molar-refractivity contribution in [2.45, 2.75) is 24.8 Å². The van der Waals surface area contributed by atoms with Crippen LogP contribution in [0.1, 0.15) is 36.1 Å². The Morgan fingerprint density at radius 2 is 2.00 bits per heavy atom. The molecule has 0 aliphatic heterocycles. The Kier molecular flexibility index (Phi) is 4.32. The molecular formula is C19H19FN8O. The van der Waals surface area contributed by atoms with E-state index in [1.54, 1.807) is 18.3 Å². The lowest BCUT2D eigenvalue weighted by molar-refractivity contribution is 0.276. The number of H-pyrrole nitrogens is 2. The van der Waals surface area contributed by atoms with Gasteiger partial charge in [0.25, 0.3) is 0 Å². The lowest BCUT2D eigenvalue weighted by Gasteiger charge is -2.17. The van der Waals surface area contributed by atoms with Crippen LogP contribution in [-0.2, 0) is 0 Å². The van der Waals surface area contributed by atoms with Crippen molar-refractivity contribution in [1.82, 2.24) is 30.4 Å². The zero-order chi connectivity index (χ0) is 19.8. The standard InChI is InChI=1S/C19H19FN8O/c20-12-5-3-11(4-6-12)15(9-29)22-19-24-17(13-8-21-28-18(13)25-19)23-16-7-14(26-27-16)10-1-2-10/h3-8,10,15,29H,1-2,9H2,(H4,21,22,23,24,25,26,27,28)/t15-/m0/s1. The maximum Gasteiger partial charge on any atom is 0.227 e. The van der Waals surface area contributed by atoms with Crippen molar-refractivity contribution in [3.8, 4) is 0 Å². The van der Waals surface area contributed by atoms with Crippen molar-refractivity contribution >= 4 is 28.6 Å². The molecule has 1 aliphatic carbocycles. The molecule has 1 aromatic carbocycles. The minimum absolute atomic E-state index is 0.205. The smallest absolute Gasteiger partial charge is 0.227 e. The number of rotatable bonds is 7. The average Bonchev–Trinajstić information content (AvgIpc) is 3.28. The van der Waals surface area contributed by atoms with Gasteiger partial charge in [0.1, 0.15) is 11.6 Å². The predicted octanol–water partition coefficient (Wildman–Crippen LogP) is 2.98. The second kappa shape index (κ2) is 7.13. The number of nitrogens with zero attached hydrogens (tertiary/aromatic N) is 4. The van der Waals surface area contributed by atoms with Crippen LogP contribution in [0.5, 0.6) is 0 Å². The zero-order valence-electron chi connectivity index (χ0n) is 15.4. The van der Waals surface area contributed by atoms with Crippen molar-refractivity contribution in [3.63, 3.8) is 0 Å². The number of fused-ring (bicyclic) bond motifs is 1. The maximum atomic E-state index is 13.2. The Morgan fingerprint density at radius 1 is 1.17 bits per heavy atom. The van der Waals surface area contributed by atoms with E-state index >= 15 is 0 Å². The summed E-state index contributed by atoms with van der Waals surface area (Å²) in [7, 11) is 0. The van der Waals surface area contributed by atoms with Gasteiger partial charge < -0.3 is 15.7 Å². The number of halogens is 1. The molecule has 29 heavy (non-hydrogen) atoms. The number of aliphatic hydroxyl groups excluding tert-OH is 1. The molecule has 148 valence electrons. The fourth-order valence-electron chi connectivity index (χ4n) is 3.21. The summed E-state index contributed by atoms with van der Waals surface area (Å²) in [4.78, 5) is 8.95. The van der Waals surface area contributed by atoms with Crippen LogP contribution in [0, 0.1) is 5.82 Å². The molecule has 1 atom stereocenters. The molecule has 0 bridgehead atoms.